The molecule has 1 amide bonds. The van der Waals surface area contributed by atoms with Crippen LogP contribution < -0.4 is 5.32 Å². The maximum absolute atomic E-state index is 12.8. The predicted octanol–water partition coefficient (Wildman–Crippen LogP) is 0.591. The zero-order chi connectivity index (χ0) is 13.1. The Hall–Kier alpha value is -1.10. The number of hydrogen-bond acceptors (Lipinski definition) is 3. The molecule has 0 aliphatic carbocycles. The molecule has 5 heteroatoms. The van der Waals surface area contributed by atoms with Gasteiger partial charge in [0.05, 0.1) is 11.8 Å². The summed E-state index contributed by atoms with van der Waals surface area (Å²) in [4.78, 5) is 26.0. The van der Waals surface area contributed by atoms with E-state index in [4.69, 9.17) is 0 Å². The third-order valence-electron chi connectivity index (χ3n) is 5.73. The fourth-order valence-electron chi connectivity index (χ4n) is 4.89. The van der Waals surface area contributed by atoms with Gasteiger partial charge in [0.2, 0.25) is 5.91 Å². The quantitative estimate of drug-likeness (QED) is 0.766. The van der Waals surface area contributed by atoms with Gasteiger partial charge < -0.3 is 15.3 Å². The summed E-state index contributed by atoms with van der Waals surface area (Å²) in [6.45, 7) is 0. The summed E-state index contributed by atoms with van der Waals surface area (Å²) in [5.41, 5.74) is 0. The second-order valence-corrected chi connectivity index (χ2v) is 6.61. The average Bonchev–Trinajstić information content (AvgIpc) is 3.16. The number of carbonyl (C=O) groups excluding carboxylic acids is 1. The molecule has 0 aromatic rings. The number of carboxylic acid groups (broad SMARTS) is 1. The Bertz CT molecular complexity index is 438. The fourth-order valence-corrected chi connectivity index (χ4v) is 4.89. The van der Waals surface area contributed by atoms with Crippen LogP contribution in [0.3, 0.4) is 0 Å². The predicted molar refractivity (Wildman–Crippen MR) is 67.5 cm³/mol. The van der Waals surface area contributed by atoms with Crippen LogP contribution in [0.4, 0.5) is 0 Å². The van der Waals surface area contributed by atoms with Crippen LogP contribution in [-0.4, -0.2) is 46.1 Å². The Balaban J connectivity index is 1.54. The monoisotopic (exact) mass is 264 g/mol. The van der Waals surface area contributed by atoms with Crippen molar-refractivity contribution in [2.45, 2.75) is 62.7 Å². The molecule has 0 spiro atoms. The highest BCUT2D eigenvalue weighted by molar-refractivity contribution is 5.83. The largest absolute Gasteiger partial charge is 0.481 e. The molecule has 4 bridgehead atoms. The van der Waals surface area contributed by atoms with E-state index in [9.17, 15) is 14.7 Å². The molecule has 4 aliphatic heterocycles. The van der Waals surface area contributed by atoms with Crippen LogP contribution in [0.15, 0.2) is 0 Å². The SMILES string of the molecule is O=C(O)[C@H]1C[C@H]2CC[C@@H]1N2C(=O)[C@H]1C[C@H]2CC[C@@H]1N2. The van der Waals surface area contributed by atoms with Gasteiger partial charge in [-0.05, 0) is 38.5 Å². The molecular weight excluding hydrogens is 244 g/mol. The topological polar surface area (TPSA) is 69.6 Å². The van der Waals surface area contributed by atoms with Gasteiger partial charge in [0.15, 0.2) is 0 Å². The first-order valence-corrected chi connectivity index (χ1v) is 7.46. The van der Waals surface area contributed by atoms with Gasteiger partial charge in [-0.25, -0.2) is 0 Å². The van der Waals surface area contributed by atoms with Crippen LogP contribution in [0.2, 0.25) is 0 Å². The maximum Gasteiger partial charge on any atom is 0.308 e. The van der Waals surface area contributed by atoms with Gasteiger partial charge in [0.25, 0.3) is 0 Å². The molecule has 4 rings (SSSR count). The zero-order valence-corrected chi connectivity index (χ0v) is 10.9. The van der Waals surface area contributed by atoms with E-state index in [-0.39, 0.29) is 29.8 Å². The molecule has 0 aromatic carbocycles. The van der Waals surface area contributed by atoms with Crippen molar-refractivity contribution in [2.24, 2.45) is 11.8 Å². The Kier molecular flexibility index (Phi) is 2.43. The summed E-state index contributed by atoms with van der Waals surface area (Å²) in [5.74, 6) is -0.712. The molecule has 104 valence electrons. The van der Waals surface area contributed by atoms with E-state index in [2.05, 4.69) is 5.32 Å². The lowest BCUT2D eigenvalue weighted by Gasteiger charge is -2.29. The highest BCUT2D eigenvalue weighted by atomic mass is 16.4. The summed E-state index contributed by atoms with van der Waals surface area (Å²) in [7, 11) is 0. The van der Waals surface area contributed by atoms with Crippen molar-refractivity contribution in [3.8, 4) is 0 Å². The van der Waals surface area contributed by atoms with Crippen molar-refractivity contribution in [1.29, 1.82) is 0 Å². The van der Waals surface area contributed by atoms with Crippen LogP contribution in [0.25, 0.3) is 0 Å². The molecule has 0 unspecified atom stereocenters. The van der Waals surface area contributed by atoms with E-state index in [1.807, 2.05) is 4.90 Å². The smallest absolute Gasteiger partial charge is 0.308 e. The number of fused-ring (bicyclic) bond motifs is 4. The van der Waals surface area contributed by atoms with Crippen LogP contribution >= 0.6 is 0 Å². The van der Waals surface area contributed by atoms with Crippen LogP contribution in [0.5, 0.6) is 0 Å². The first-order valence-electron chi connectivity index (χ1n) is 7.46. The summed E-state index contributed by atoms with van der Waals surface area (Å²) in [5, 5.41) is 12.8. The number of nitrogens with zero attached hydrogens (tertiary/aromatic N) is 1. The molecule has 0 aromatic heterocycles. The number of nitrogens with one attached hydrogen (secondary N) is 1. The highest BCUT2D eigenvalue weighted by Gasteiger charge is 2.54. The molecule has 4 fully saturated rings. The summed E-state index contributed by atoms with van der Waals surface area (Å²) >= 11 is 0. The molecule has 4 heterocycles. The second kappa shape index (κ2) is 3.95. The second-order valence-electron chi connectivity index (χ2n) is 6.61. The Morgan fingerprint density at radius 3 is 2.47 bits per heavy atom. The molecule has 4 aliphatic rings. The van der Waals surface area contributed by atoms with Crippen molar-refractivity contribution in [2.75, 3.05) is 0 Å². The van der Waals surface area contributed by atoms with Crippen LogP contribution in [0, 0.1) is 11.8 Å². The minimum Gasteiger partial charge on any atom is -0.481 e. The number of carbonyl (C=O) groups is 2. The van der Waals surface area contributed by atoms with E-state index < -0.39 is 5.97 Å². The zero-order valence-electron chi connectivity index (χ0n) is 10.9. The minimum atomic E-state index is -0.726. The lowest BCUT2D eigenvalue weighted by atomic mass is 9.88. The van der Waals surface area contributed by atoms with Gasteiger partial charge in [-0.2, -0.15) is 0 Å². The third kappa shape index (κ3) is 1.57. The van der Waals surface area contributed by atoms with E-state index in [0.717, 1.165) is 25.7 Å². The fraction of sp³-hybridized carbons (Fsp3) is 0.857. The summed E-state index contributed by atoms with van der Waals surface area (Å²) in [6.07, 6.45) is 5.79. The normalized spacial score (nSPS) is 47.1. The number of hydrogen-bond donors (Lipinski definition) is 2. The molecule has 4 saturated heterocycles. The van der Waals surface area contributed by atoms with Gasteiger partial charge in [-0.15, -0.1) is 0 Å². The maximum atomic E-state index is 12.8. The average molecular weight is 264 g/mol. The van der Waals surface area contributed by atoms with Crippen molar-refractivity contribution in [3.63, 3.8) is 0 Å². The number of aliphatic carboxylic acids is 1. The van der Waals surface area contributed by atoms with Crippen molar-refractivity contribution >= 4 is 11.9 Å². The van der Waals surface area contributed by atoms with E-state index in [1.165, 1.54) is 6.42 Å². The first kappa shape index (κ1) is 11.7. The van der Waals surface area contributed by atoms with Crippen molar-refractivity contribution < 1.29 is 14.7 Å². The lowest BCUT2D eigenvalue weighted by molar-refractivity contribution is -0.143. The molecule has 0 radical (unpaired) electrons. The van der Waals surface area contributed by atoms with Gasteiger partial charge in [-0.1, -0.05) is 0 Å². The summed E-state index contributed by atoms with van der Waals surface area (Å²) in [6, 6.07) is 1.03. The van der Waals surface area contributed by atoms with Crippen molar-refractivity contribution in [3.05, 3.63) is 0 Å². The molecule has 0 saturated carbocycles. The standard InChI is InChI=1S/C14H20N2O3/c17-13(9-5-7-1-3-11(9)15-7)16-8-2-4-12(16)10(6-8)14(18)19/h7-12,15H,1-6H2,(H,18,19)/t7-,8-,9+,10+,11+,12+/m1/s1. The molecule has 2 N–H and O–H groups in total. The van der Waals surface area contributed by atoms with Crippen LogP contribution in [-0.2, 0) is 9.59 Å². The van der Waals surface area contributed by atoms with E-state index in [1.54, 1.807) is 0 Å². The van der Waals surface area contributed by atoms with Gasteiger partial charge in [0.1, 0.15) is 0 Å². The first-order chi connectivity index (χ1) is 9.15. The molecule has 6 atom stereocenters. The Labute approximate surface area is 112 Å². The number of rotatable bonds is 2. The van der Waals surface area contributed by atoms with Gasteiger partial charge in [0, 0.05) is 24.2 Å². The Morgan fingerprint density at radius 1 is 1.05 bits per heavy atom. The minimum absolute atomic E-state index is 0.0332. The number of amides is 1. The van der Waals surface area contributed by atoms with Gasteiger partial charge in [-0.3, -0.25) is 9.59 Å². The highest BCUT2D eigenvalue weighted by Crippen LogP contribution is 2.44. The lowest BCUT2D eigenvalue weighted by Crippen LogP contribution is -2.44. The Morgan fingerprint density at radius 2 is 1.89 bits per heavy atom. The molecule has 19 heavy (non-hydrogen) atoms. The number of carboxylic acids is 1. The van der Waals surface area contributed by atoms with Crippen LogP contribution in [0.1, 0.15) is 38.5 Å². The summed E-state index contributed by atoms with van der Waals surface area (Å²) < 4.78 is 0. The third-order valence-corrected chi connectivity index (χ3v) is 5.73. The molecule has 5 nitrogen and oxygen atoms in total. The van der Waals surface area contributed by atoms with Gasteiger partial charge >= 0.3 is 5.97 Å². The van der Waals surface area contributed by atoms with Crippen molar-refractivity contribution in [1.82, 2.24) is 10.2 Å². The van der Waals surface area contributed by atoms with E-state index >= 15 is 0 Å². The van der Waals surface area contributed by atoms with E-state index in [0.29, 0.717) is 18.5 Å². The molecular formula is C14H20N2O3.